The molecule has 0 saturated carbocycles. The molecule has 0 radical (unpaired) electrons. The predicted octanol–water partition coefficient (Wildman–Crippen LogP) is 14.8. The van der Waals surface area contributed by atoms with Gasteiger partial charge in [0.1, 0.15) is 0 Å². The standard InChI is InChI=1S/C49H76O2S/c1-11-21-37-31-40(24-14-4)47(41(32-37)25-15-5)52(51-46(50)30-20-10,48-42(26-16-6)33-38(22-12-2)34-43(48)27-17-7)49-44(28-18-8)35-39(23-13-3)36-45(49)29-19-9/h31-36H,11-30H2,1-10H3. The SMILES string of the molecule is CCCC(=O)OS(c1c(CCC)cc(CCC)cc1CCC)(c1c(CCC)cc(CCC)cc1CCC)c1c(CCC)cc(CCC)cc1CCC. The molecule has 0 bridgehead atoms. The van der Waals surface area contributed by atoms with E-state index >= 15 is 0 Å². The molecule has 2 nitrogen and oxygen atoms in total. The van der Waals surface area contributed by atoms with Gasteiger partial charge in [0, 0.05) is 21.1 Å². The number of carbonyl (C=O) groups excluding carboxylic acids is 1. The zero-order valence-corrected chi connectivity index (χ0v) is 36.1. The zero-order chi connectivity index (χ0) is 38.1. The molecule has 0 aliphatic heterocycles. The number of benzene rings is 3. The Kier molecular flexibility index (Phi) is 19.1. The minimum atomic E-state index is -2.52. The fourth-order valence-corrected chi connectivity index (χ4v) is 12.8. The molecule has 3 rings (SSSR count). The summed E-state index contributed by atoms with van der Waals surface area (Å²) in [5, 5.41) is 0. The topological polar surface area (TPSA) is 26.3 Å². The maximum Gasteiger partial charge on any atom is 0.317 e. The molecule has 0 fully saturated rings. The second-order valence-electron chi connectivity index (χ2n) is 15.2. The van der Waals surface area contributed by atoms with Crippen LogP contribution >= 0.6 is 10.3 Å². The average molecular weight is 729 g/mol. The van der Waals surface area contributed by atoms with Gasteiger partial charge in [0.15, 0.2) is 0 Å². The molecule has 0 atom stereocenters. The normalized spacial score (nSPS) is 12.0. The highest BCUT2D eigenvalue weighted by molar-refractivity contribution is 8.30. The van der Waals surface area contributed by atoms with Crippen molar-refractivity contribution >= 4 is 16.3 Å². The summed E-state index contributed by atoms with van der Waals surface area (Å²) in [6.45, 7) is 23.0. The van der Waals surface area contributed by atoms with Gasteiger partial charge in [-0.1, -0.05) is 163 Å². The highest BCUT2D eigenvalue weighted by Gasteiger charge is 2.44. The number of rotatable bonds is 24. The quantitative estimate of drug-likeness (QED) is 0.0918. The molecule has 0 aliphatic rings. The summed E-state index contributed by atoms with van der Waals surface area (Å²) in [5.41, 5.74) is 12.8. The van der Waals surface area contributed by atoms with Crippen LogP contribution in [0.3, 0.4) is 0 Å². The third kappa shape index (κ3) is 10.6. The summed E-state index contributed by atoms with van der Waals surface area (Å²) in [4.78, 5) is 18.8. The van der Waals surface area contributed by atoms with Crippen LogP contribution < -0.4 is 0 Å². The van der Waals surface area contributed by atoms with Gasteiger partial charge in [0.2, 0.25) is 0 Å². The molecule has 3 aromatic carbocycles. The van der Waals surface area contributed by atoms with Crippen molar-refractivity contribution in [1.82, 2.24) is 0 Å². The molecule has 52 heavy (non-hydrogen) atoms. The van der Waals surface area contributed by atoms with Gasteiger partial charge in [-0.2, -0.15) is 0 Å². The lowest BCUT2D eigenvalue weighted by molar-refractivity contribution is -0.133. The Balaban J connectivity index is 2.91. The van der Waals surface area contributed by atoms with Crippen LogP contribution in [0, 0.1) is 0 Å². The molecule has 3 heteroatoms. The van der Waals surface area contributed by atoms with Crippen molar-refractivity contribution in [3.63, 3.8) is 0 Å². The second-order valence-corrected chi connectivity index (χ2v) is 17.7. The van der Waals surface area contributed by atoms with Crippen molar-refractivity contribution in [2.75, 3.05) is 0 Å². The fourth-order valence-electron chi connectivity index (χ4n) is 8.43. The monoisotopic (exact) mass is 729 g/mol. The Labute approximate surface area is 322 Å². The van der Waals surface area contributed by atoms with Gasteiger partial charge in [-0.25, -0.2) is 0 Å². The van der Waals surface area contributed by atoms with E-state index in [0.717, 1.165) is 122 Å². The van der Waals surface area contributed by atoms with Crippen molar-refractivity contribution in [2.45, 2.75) is 212 Å². The zero-order valence-electron chi connectivity index (χ0n) is 35.3. The molecular weight excluding hydrogens is 653 g/mol. The van der Waals surface area contributed by atoms with Crippen LogP contribution in [-0.4, -0.2) is 5.97 Å². The molecule has 0 amide bonds. The van der Waals surface area contributed by atoms with Crippen LogP contribution in [0.25, 0.3) is 0 Å². The molecule has 0 heterocycles. The van der Waals surface area contributed by atoms with Crippen molar-refractivity contribution in [3.8, 4) is 0 Å². The molecule has 0 N–H and O–H groups in total. The molecule has 0 aromatic heterocycles. The van der Waals surface area contributed by atoms with Gasteiger partial charge >= 0.3 is 5.97 Å². The van der Waals surface area contributed by atoms with E-state index in [2.05, 4.69) is 106 Å². The largest absolute Gasteiger partial charge is 0.402 e. The Morgan fingerprint density at radius 2 is 0.615 bits per heavy atom. The Morgan fingerprint density at radius 3 is 0.808 bits per heavy atom. The molecule has 290 valence electrons. The summed E-state index contributed by atoms with van der Waals surface area (Å²) >= 11 is 0. The molecule has 0 aliphatic carbocycles. The molecule has 3 aromatic rings. The Bertz CT molecular complexity index is 1300. The lowest BCUT2D eigenvalue weighted by Crippen LogP contribution is -2.22. The fraction of sp³-hybridized carbons (Fsp3) is 0.612. The number of aryl methyl sites for hydroxylation is 9. The van der Waals surface area contributed by atoms with Crippen LogP contribution in [0.15, 0.2) is 51.1 Å². The van der Waals surface area contributed by atoms with E-state index in [1.165, 1.54) is 64.8 Å². The van der Waals surface area contributed by atoms with Crippen LogP contribution in [-0.2, 0) is 66.8 Å². The molecule has 0 unspecified atom stereocenters. The smallest absolute Gasteiger partial charge is 0.317 e. The molecule has 0 saturated heterocycles. The van der Waals surface area contributed by atoms with Crippen molar-refractivity contribution in [2.24, 2.45) is 0 Å². The highest BCUT2D eigenvalue weighted by Crippen LogP contribution is 2.74. The molecule has 0 spiro atoms. The first-order chi connectivity index (χ1) is 25.3. The minimum Gasteiger partial charge on any atom is -0.402 e. The van der Waals surface area contributed by atoms with Crippen molar-refractivity contribution < 1.29 is 8.98 Å². The van der Waals surface area contributed by atoms with E-state index in [1.807, 2.05) is 0 Å². The average Bonchev–Trinajstić information content (AvgIpc) is 3.09. The van der Waals surface area contributed by atoms with Crippen molar-refractivity contribution in [3.05, 3.63) is 86.5 Å². The van der Waals surface area contributed by atoms with Crippen LogP contribution in [0.1, 0.15) is 190 Å². The van der Waals surface area contributed by atoms with E-state index in [9.17, 15) is 4.79 Å². The summed E-state index contributed by atoms with van der Waals surface area (Å²) in [6.07, 6.45) is 20.1. The minimum absolute atomic E-state index is 0.0369. The van der Waals surface area contributed by atoms with E-state index < -0.39 is 10.3 Å². The van der Waals surface area contributed by atoms with Gasteiger partial charge in [-0.15, -0.1) is 0 Å². The lowest BCUT2D eigenvalue weighted by atomic mass is 9.97. The lowest BCUT2D eigenvalue weighted by Gasteiger charge is -2.47. The number of hydrogen-bond acceptors (Lipinski definition) is 2. The van der Waals surface area contributed by atoms with Crippen LogP contribution in [0.4, 0.5) is 0 Å². The van der Waals surface area contributed by atoms with E-state index in [4.69, 9.17) is 4.18 Å². The first-order valence-corrected chi connectivity index (χ1v) is 23.3. The van der Waals surface area contributed by atoms with Crippen LogP contribution in [0.2, 0.25) is 0 Å². The van der Waals surface area contributed by atoms with Crippen LogP contribution in [0.5, 0.6) is 0 Å². The summed E-state index contributed by atoms with van der Waals surface area (Å²) in [6, 6.07) is 15.2. The van der Waals surface area contributed by atoms with E-state index in [-0.39, 0.29) is 5.97 Å². The Morgan fingerprint density at radius 1 is 0.385 bits per heavy atom. The number of carbonyl (C=O) groups is 1. The van der Waals surface area contributed by atoms with E-state index in [0.29, 0.717) is 6.42 Å². The van der Waals surface area contributed by atoms with Gasteiger partial charge in [0.05, 0.1) is 0 Å². The molecular formula is C49H76O2S. The highest BCUT2D eigenvalue weighted by atomic mass is 32.3. The third-order valence-corrected chi connectivity index (χ3v) is 13.9. The maximum absolute atomic E-state index is 14.7. The maximum atomic E-state index is 14.7. The van der Waals surface area contributed by atoms with E-state index in [1.54, 1.807) is 0 Å². The summed E-state index contributed by atoms with van der Waals surface area (Å²) in [5.74, 6) is -0.0369. The summed E-state index contributed by atoms with van der Waals surface area (Å²) in [7, 11) is -2.52. The third-order valence-electron chi connectivity index (χ3n) is 10.2. The predicted molar refractivity (Wildman–Crippen MR) is 229 cm³/mol. The first-order valence-electron chi connectivity index (χ1n) is 21.8. The second kappa shape index (κ2) is 22.6. The van der Waals surface area contributed by atoms with Gasteiger partial charge < -0.3 is 4.18 Å². The summed E-state index contributed by atoms with van der Waals surface area (Å²) < 4.78 is 7.70. The Hall–Kier alpha value is -2.52. The van der Waals surface area contributed by atoms with Gasteiger partial charge in [-0.05, 0) is 125 Å². The van der Waals surface area contributed by atoms with Crippen molar-refractivity contribution in [1.29, 1.82) is 0 Å². The van der Waals surface area contributed by atoms with Gasteiger partial charge in [-0.3, -0.25) is 4.79 Å². The first kappa shape index (κ1) is 43.9. The number of hydrogen-bond donors (Lipinski definition) is 0. The van der Waals surface area contributed by atoms with Gasteiger partial charge in [0.25, 0.3) is 0 Å².